The molecule has 1 heterocycles. The summed E-state index contributed by atoms with van der Waals surface area (Å²) in [6, 6.07) is 0. The summed E-state index contributed by atoms with van der Waals surface area (Å²) < 4.78 is 0.442. The Labute approximate surface area is 92.8 Å². The van der Waals surface area contributed by atoms with Gasteiger partial charge in [-0.15, -0.1) is 12.4 Å². The molecule has 1 unspecified atom stereocenters. The quantitative estimate of drug-likeness (QED) is 0.773. The molecule has 0 saturated carbocycles. The van der Waals surface area contributed by atoms with Gasteiger partial charge in [-0.3, -0.25) is 0 Å². The van der Waals surface area contributed by atoms with Gasteiger partial charge in [-0.1, -0.05) is 20.8 Å². The Kier molecular flexibility index (Phi) is 6.44. The van der Waals surface area contributed by atoms with Crippen molar-refractivity contribution in [1.82, 2.24) is 5.32 Å². The van der Waals surface area contributed by atoms with Crippen LogP contribution in [0.2, 0.25) is 0 Å². The number of piperidine rings is 1. The van der Waals surface area contributed by atoms with Gasteiger partial charge in [0.15, 0.2) is 0 Å². The van der Waals surface area contributed by atoms with Crippen molar-refractivity contribution >= 4 is 24.2 Å². The first-order chi connectivity index (χ1) is 5.58. The van der Waals surface area contributed by atoms with Crippen molar-refractivity contribution in [3.8, 4) is 0 Å². The molecule has 0 aromatic rings. The molecule has 1 atom stereocenters. The molecule has 1 aliphatic rings. The molecule has 3 heteroatoms. The predicted octanol–water partition coefficient (Wildman–Crippen LogP) is 2.94. The Morgan fingerprint density at radius 1 is 1.38 bits per heavy atom. The van der Waals surface area contributed by atoms with Crippen molar-refractivity contribution in [3.05, 3.63) is 0 Å². The third kappa shape index (κ3) is 6.64. The molecule has 1 aliphatic heterocycles. The molecule has 1 nitrogen and oxygen atoms in total. The van der Waals surface area contributed by atoms with Gasteiger partial charge in [0.1, 0.15) is 0 Å². The number of nitrogens with one attached hydrogen (secondary N) is 1. The second kappa shape index (κ2) is 6.15. The summed E-state index contributed by atoms with van der Waals surface area (Å²) in [5, 5.41) is 3.46. The molecule has 13 heavy (non-hydrogen) atoms. The van der Waals surface area contributed by atoms with Crippen LogP contribution in [-0.4, -0.2) is 23.6 Å². The second-order valence-corrected chi connectivity index (χ2v) is 6.48. The molecule has 0 aromatic carbocycles. The molecule has 0 bridgehead atoms. The van der Waals surface area contributed by atoms with Crippen molar-refractivity contribution in [2.24, 2.45) is 5.92 Å². The van der Waals surface area contributed by atoms with Gasteiger partial charge in [0.25, 0.3) is 0 Å². The van der Waals surface area contributed by atoms with Gasteiger partial charge in [-0.2, -0.15) is 11.8 Å². The SMILES string of the molecule is CC(C)(C)SCC1CCCNC1.Cl. The fraction of sp³-hybridized carbons (Fsp3) is 1.00. The summed E-state index contributed by atoms with van der Waals surface area (Å²) in [4.78, 5) is 0. The van der Waals surface area contributed by atoms with E-state index in [4.69, 9.17) is 0 Å². The van der Waals surface area contributed by atoms with Crippen molar-refractivity contribution in [1.29, 1.82) is 0 Å². The summed E-state index contributed by atoms with van der Waals surface area (Å²) in [6.07, 6.45) is 2.80. The standard InChI is InChI=1S/C10H21NS.ClH/c1-10(2,3)12-8-9-5-4-6-11-7-9;/h9,11H,4-8H2,1-3H3;1H. The summed E-state index contributed by atoms with van der Waals surface area (Å²) in [5.41, 5.74) is 0. The maximum Gasteiger partial charge on any atom is 0.00752 e. The number of thioether (sulfide) groups is 1. The van der Waals surface area contributed by atoms with Crippen LogP contribution in [0.15, 0.2) is 0 Å². The van der Waals surface area contributed by atoms with E-state index >= 15 is 0 Å². The summed E-state index contributed by atoms with van der Waals surface area (Å²) in [6.45, 7) is 9.37. The first-order valence-electron chi connectivity index (χ1n) is 4.92. The normalized spacial score (nSPS) is 23.8. The highest BCUT2D eigenvalue weighted by Crippen LogP contribution is 2.27. The Morgan fingerprint density at radius 3 is 2.54 bits per heavy atom. The van der Waals surface area contributed by atoms with Crippen LogP contribution in [0.4, 0.5) is 0 Å². The lowest BCUT2D eigenvalue weighted by Gasteiger charge is -2.26. The molecule has 1 N–H and O–H groups in total. The van der Waals surface area contributed by atoms with Gasteiger partial charge in [0, 0.05) is 4.75 Å². The van der Waals surface area contributed by atoms with Crippen molar-refractivity contribution in [3.63, 3.8) is 0 Å². The first-order valence-corrected chi connectivity index (χ1v) is 5.91. The Hall–Kier alpha value is 0.600. The molecule has 1 rings (SSSR count). The van der Waals surface area contributed by atoms with E-state index in [0.717, 1.165) is 5.92 Å². The maximum absolute atomic E-state index is 3.46. The van der Waals surface area contributed by atoms with E-state index in [0.29, 0.717) is 4.75 Å². The van der Waals surface area contributed by atoms with E-state index < -0.39 is 0 Å². The van der Waals surface area contributed by atoms with Gasteiger partial charge < -0.3 is 5.32 Å². The monoisotopic (exact) mass is 223 g/mol. The lowest BCUT2D eigenvalue weighted by Crippen LogP contribution is -2.31. The minimum atomic E-state index is 0. The van der Waals surface area contributed by atoms with Crippen LogP contribution in [-0.2, 0) is 0 Å². The summed E-state index contributed by atoms with van der Waals surface area (Å²) >= 11 is 2.10. The Bertz CT molecular complexity index is 127. The fourth-order valence-electron chi connectivity index (χ4n) is 1.43. The smallest absolute Gasteiger partial charge is 0.00752 e. The molecule has 1 saturated heterocycles. The van der Waals surface area contributed by atoms with Crippen molar-refractivity contribution < 1.29 is 0 Å². The third-order valence-electron chi connectivity index (χ3n) is 2.15. The molecule has 0 amide bonds. The van der Waals surface area contributed by atoms with Crippen LogP contribution >= 0.6 is 24.2 Å². The average molecular weight is 224 g/mol. The zero-order valence-electron chi connectivity index (χ0n) is 8.93. The van der Waals surface area contributed by atoms with Gasteiger partial charge in [0.2, 0.25) is 0 Å². The molecule has 0 spiro atoms. The molecule has 0 aliphatic carbocycles. The minimum Gasteiger partial charge on any atom is -0.316 e. The highest BCUT2D eigenvalue weighted by Gasteiger charge is 2.17. The zero-order chi connectivity index (χ0) is 9.03. The predicted molar refractivity (Wildman–Crippen MR) is 65.1 cm³/mol. The summed E-state index contributed by atoms with van der Waals surface area (Å²) in [5.74, 6) is 2.25. The lowest BCUT2D eigenvalue weighted by atomic mass is 10.0. The van der Waals surface area contributed by atoms with Crippen molar-refractivity contribution in [2.45, 2.75) is 38.4 Å². The van der Waals surface area contributed by atoms with E-state index in [1.807, 2.05) is 0 Å². The van der Waals surface area contributed by atoms with Crippen LogP contribution in [0.1, 0.15) is 33.6 Å². The maximum atomic E-state index is 3.46. The summed E-state index contributed by atoms with van der Waals surface area (Å²) in [7, 11) is 0. The first kappa shape index (κ1) is 13.6. The van der Waals surface area contributed by atoms with Crippen LogP contribution in [0.25, 0.3) is 0 Å². The van der Waals surface area contributed by atoms with Gasteiger partial charge >= 0.3 is 0 Å². The average Bonchev–Trinajstić information content (AvgIpc) is 2.02. The second-order valence-electron chi connectivity index (χ2n) is 4.64. The van der Waals surface area contributed by atoms with E-state index in [-0.39, 0.29) is 12.4 Å². The zero-order valence-corrected chi connectivity index (χ0v) is 10.6. The van der Waals surface area contributed by atoms with Gasteiger partial charge in [-0.25, -0.2) is 0 Å². The largest absolute Gasteiger partial charge is 0.316 e. The fourth-order valence-corrected chi connectivity index (χ4v) is 2.45. The Balaban J connectivity index is 0.00000144. The lowest BCUT2D eigenvalue weighted by molar-refractivity contribution is 0.409. The molecular weight excluding hydrogens is 202 g/mol. The molecular formula is C10H22ClNS. The Morgan fingerprint density at radius 2 is 2.08 bits per heavy atom. The van der Waals surface area contributed by atoms with E-state index in [1.165, 1.54) is 31.7 Å². The highest BCUT2D eigenvalue weighted by molar-refractivity contribution is 8.00. The highest BCUT2D eigenvalue weighted by atomic mass is 35.5. The van der Waals surface area contributed by atoms with Gasteiger partial charge in [0.05, 0.1) is 0 Å². The molecule has 80 valence electrons. The van der Waals surface area contributed by atoms with Crippen LogP contribution in [0.5, 0.6) is 0 Å². The third-order valence-corrected chi connectivity index (χ3v) is 3.66. The van der Waals surface area contributed by atoms with Crippen LogP contribution < -0.4 is 5.32 Å². The van der Waals surface area contributed by atoms with E-state index in [9.17, 15) is 0 Å². The number of halogens is 1. The van der Waals surface area contributed by atoms with Crippen LogP contribution in [0, 0.1) is 5.92 Å². The molecule has 1 fully saturated rings. The number of hydrogen-bond acceptors (Lipinski definition) is 2. The van der Waals surface area contributed by atoms with Gasteiger partial charge in [-0.05, 0) is 37.6 Å². The minimum absolute atomic E-state index is 0. The number of rotatable bonds is 2. The van der Waals surface area contributed by atoms with Crippen molar-refractivity contribution in [2.75, 3.05) is 18.8 Å². The van der Waals surface area contributed by atoms with E-state index in [2.05, 4.69) is 37.8 Å². The van der Waals surface area contributed by atoms with E-state index in [1.54, 1.807) is 0 Å². The molecule has 0 aromatic heterocycles. The molecule has 0 radical (unpaired) electrons. The topological polar surface area (TPSA) is 12.0 Å². The van der Waals surface area contributed by atoms with Crippen LogP contribution in [0.3, 0.4) is 0 Å². The number of hydrogen-bond donors (Lipinski definition) is 1.